The minimum atomic E-state index is -2.68. The largest absolute Gasteiger partial charge is 0.323 e. The summed E-state index contributed by atoms with van der Waals surface area (Å²) in [4.78, 5) is 10.2. The zero-order valence-corrected chi connectivity index (χ0v) is 8.69. The van der Waals surface area contributed by atoms with Crippen molar-refractivity contribution in [1.82, 2.24) is 0 Å². The molecule has 4 nitrogen and oxygen atoms in total. The van der Waals surface area contributed by atoms with Crippen molar-refractivity contribution in [3.05, 3.63) is 39.4 Å². The lowest BCUT2D eigenvalue weighted by Gasteiger charge is -2.11. The van der Waals surface area contributed by atoms with Gasteiger partial charge in [-0.1, -0.05) is 18.2 Å². The number of nitrogens with two attached hydrogens (primary N) is 1. The summed E-state index contributed by atoms with van der Waals surface area (Å²) < 4.78 is 24.5. The Morgan fingerprint density at radius 1 is 1.50 bits per heavy atom. The van der Waals surface area contributed by atoms with Crippen molar-refractivity contribution in [2.45, 2.75) is 25.8 Å². The van der Waals surface area contributed by atoms with Gasteiger partial charge in [-0.25, -0.2) is 8.78 Å². The molecule has 0 aliphatic carbocycles. The van der Waals surface area contributed by atoms with Gasteiger partial charge in [-0.15, -0.1) is 0 Å². The van der Waals surface area contributed by atoms with Crippen LogP contribution in [0.3, 0.4) is 0 Å². The smallest absolute Gasteiger partial charge is 0.275 e. The second kappa shape index (κ2) is 4.98. The molecule has 0 aliphatic heterocycles. The number of nitro groups is 1. The van der Waals surface area contributed by atoms with Gasteiger partial charge in [-0.05, 0) is 13.3 Å². The molecule has 1 atom stereocenters. The minimum absolute atomic E-state index is 0.126. The highest BCUT2D eigenvalue weighted by atomic mass is 19.3. The first-order chi connectivity index (χ1) is 7.43. The van der Waals surface area contributed by atoms with Crippen LogP contribution < -0.4 is 5.73 Å². The summed E-state index contributed by atoms with van der Waals surface area (Å²) >= 11 is 0. The Hall–Kier alpha value is -1.56. The summed E-state index contributed by atoms with van der Waals surface area (Å²) in [5.74, 6) is 0. The first-order valence-electron chi connectivity index (χ1n) is 4.70. The van der Waals surface area contributed by atoms with Gasteiger partial charge >= 0.3 is 0 Å². The highest BCUT2D eigenvalue weighted by Gasteiger charge is 2.22. The SMILES string of the molecule is Cc1cccc(CC(N)C(F)F)c1[N+](=O)[O-]. The Kier molecular flexibility index (Phi) is 3.89. The van der Waals surface area contributed by atoms with Crippen LogP contribution in [-0.2, 0) is 6.42 Å². The molecule has 0 bridgehead atoms. The predicted octanol–water partition coefficient (Wildman–Crippen LogP) is 2.04. The summed E-state index contributed by atoms with van der Waals surface area (Å²) in [5.41, 5.74) is 5.76. The first kappa shape index (κ1) is 12.5. The maximum absolute atomic E-state index is 12.3. The van der Waals surface area contributed by atoms with E-state index in [9.17, 15) is 18.9 Å². The third kappa shape index (κ3) is 2.73. The van der Waals surface area contributed by atoms with Gasteiger partial charge in [-0.2, -0.15) is 0 Å². The average Bonchev–Trinajstić information content (AvgIpc) is 2.16. The molecule has 1 aromatic carbocycles. The third-order valence-corrected chi connectivity index (χ3v) is 2.28. The van der Waals surface area contributed by atoms with Crippen LogP contribution >= 0.6 is 0 Å². The molecule has 0 aromatic heterocycles. The van der Waals surface area contributed by atoms with E-state index < -0.39 is 17.4 Å². The molecule has 16 heavy (non-hydrogen) atoms. The van der Waals surface area contributed by atoms with Gasteiger partial charge in [0.1, 0.15) is 0 Å². The van der Waals surface area contributed by atoms with Crippen LogP contribution in [0.25, 0.3) is 0 Å². The topological polar surface area (TPSA) is 69.2 Å². The Morgan fingerprint density at radius 2 is 2.12 bits per heavy atom. The number of nitro benzene ring substituents is 1. The lowest BCUT2D eigenvalue weighted by molar-refractivity contribution is -0.386. The van der Waals surface area contributed by atoms with E-state index >= 15 is 0 Å². The van der Waals surface area contributed by atoms with Crippen molar-refractivity contribution in [2.24, 2.45) is 5.73 Å². The van der Waals surface area contributed by atoms with Crippen molar-refractivity contribution < 1.29 is 13.7 Å². The molecule has 0 amide bonds. The minimum Gasteiger partial charge on any atom is -0.323 e. The molecule has 1 unspecified atom stereocenters. The van der Waals surface area contributed by atoms with E-state index in [2.05, 4.69) is 0 Å². The number of nitrogens with zero attached hydrogens (tertiary/aromatic N) is 1. The van der Waals surface area contributed by atoms with Crippen LogP contribution in [-0.4, -0.2) is 17.4 Å². The molecule has 0 radical (unpaired) electrons. The van der Waals surface area contributed by atoms with Gasteiger partial charge in [0.2, 0.25) is 0 Å². The maximum Gasteiger partial charge on any atom is 0.275 e. The lowest BCUT2D eigenvalue weighted by atomic mass is 10.0. The number of alkyl halides is 2. The Balaban J connectivity index is 3.04. The van der Waals surface area contributed by atoms with Crippen LogP contribution in [0.5, 0.6) is 0 Å². The number of para-hydroxylation sites is 1. The second-order valence-corrected chi connectivity index (χ2v) is 3.54. The van der Waals surface area contributed by atoms with Crippen molar-refractivity contribution in [2.75, 3.05) is 0 Å². The number of hydrogen-bond acceptors (Lipinski definition) is 3. The number of halogens is 2. The zero-order chi connectivity index (χ0) is 12.3. The molecule has 0 fully saturated rings. The molecular formula is C10H12F2N2O2. The molecule has 88 valence electrons. The molecule has 1 aromatic rings. The van der Waals surface area contributed by atoms with E-state index in [0.29, 0.717) is 5.56 Å². The standard InChI is InChI=1S/C10H12F2N2O2/c1-6-3-2-4-7(9(6)14(15)16)5-8(13)10(11)12/h2-4,8,10H,5,13H2,1H3. The van der Waals surface area contributed by atoms with E-state index in [1.165, 1.54) is 6.07 Å². The molecule has 0 spiro atoms. The third-order valence-electron chi connectivity index (χ3n) is 2.28. The fourth-order valence-corrected chi connectivity index (χ4v) is 1.49. The first-order valence-corrected chi connectivity index (χ1v) is 4.70. The number of benzene rings is 1. The molecule has 0 saturated carbocycles. The summed E-state index contributed by atoms with van der Waals surface area (Å²) in [6.07, 6.45) is -2.88. The summed E-state index contributed by atoms with van der Waals surface area (Å²) in [5, 5.41) is 10.8. The van der Waals surface area contributed by atoms with Crippen LogP contribution in [0.15, 0.2) is 18.2 Å². The molecule has 0 saturated heterocycles. The number of rotatable bonds is 4. The van der Waals surface area contributed by atoms with Gasteiger partial charge in [0.25, 0.3) is 12.1 Å². The Morgan fingerprint density at radius 3 is 2.62 bits per heavy atom. The second-order valence-electron chi connectivity index (χ2n) is 3.54. The van der Waals surface area contributed by atoms with Crippen LogP contribution in [0.4, 0.5) is 14.5 Å². The monoisotopic (exact) mass is 230 g/mol. The molecule has 0 heterocycles. The molecule has 0 aliphatic rings. The van der Waals surface area contributed by atoms with Gasteiger partial charge in [-0.3, -0.25) is 10.1 Å². The van der Waals surface area contributed by atoms with Crippen LogP contribution in [0.1, 0.15) is 11.1 Å². The molecular weight excluding hydrogens is 218 g/mol. The van der Waals surface area contributed by atoms with Crippen molar-refractivity contribution in [3.8, 4) is 0 Å². The van der Waals surface area contributed by atoms with Crippen LogP contribution in [0.2, 0.25) is 0 Å². The van der Waals surface area contributed by atoms with Gasteiger partial charge in [0.15, 0.2) is 0 Å². The summed E-state index contributed by atoms with van der Waals surface area (Å²) in [6.45, 7) is 1.57. The van der Waals surface area contributed by atoms with Crippen molar-refractivity contribution >= 4 is 5.69 Å². The summed E-state index contributed by atoms with van der Waals surface area (Å²) in [7, 11) is 0. The van der Waals surface area contributed by atoms with Crippen LogP contribution in [0, 0.1) is 17.0 Å². The Bertz CT molecular complexity index is 396. The Labute approximate surface area is 91.2 Å². The normalized spacial score (nSPS) is 12.8. The van der Waals surface area contributed by atoms with Crippen molar-refractivity contribution in [1.29, 1.82) is 0 Å². The quantitative estimate of drug-likeness (QED) is 0.635. The van der Waals surface area contributed by atoms with Gasteiger partial charge < -0.3 is 5.73 Å². The highest BCUT2D eigenvalue weighted by Crippen LogP contribution is 2.24. The van der Waals surface area contributed by atoms with E-state index in [1.54, 1.807) is 19.1 Å². The maximum atomic E-state index is 12.3. The number of hydrogen-bond donors (Lipinski definition) is 1. The lowest BCUT2D eigenvalue weighted by Crippen LogP contribution is -2.31. The van der Waals surface area contributed by atoms with E-state index in [1.807, 2.05) is 0 Å². The zero-order valence-electron chi connectivity index (χ0n) is 8.69. The molecule has 6 heteroatoms. The van der Waals surface area contributed by atoms with Crippen molar-refractivity contribution in [3.63, 3.8) is 0 Å². The average molecular weight is 230 g/mol. The molecule has 2 N–H and O–H groups in total. The predicted molar refractivity (Wildman–Crippen MR) is 55.5 cm³/mol. The fourth-order valence-electron chi connectivity index (χ4n) is 1.49. The summed E-state index contributed by atoms with van der Waals surface area (Å²) in [6, 6.07) is 3.24. The number of aryl methyl sites for hydroxylation is 1. The van der Waals surface area contributed by atoms with E-state index in [-0.39, 0.29) is 17.7 Å². The fraction of sp³-hybridized carbons (Fsp3) is 0.400. The van der Waals surface area contributed by atoms with E-state index in [4.69, 9.17) is 5.73 Å². The van der Waals surface area contributed by atoms with E-state index in [0.717, 1.165) is 0 Å². The van der Waals surface area contributed by atoms with Gasteiger partial charge in [0.05, 0.1) is 11.0 Å². The highest BCUT2D eigenvalue weighted by molar-refractivity contribution is 5.47. The van der Waals surface area contributed by atoms with Gasteiger partial charge in [0, 0.05) is 11.1 Å². The molecule has 1 rings (SSSR count).